The van der Waals surface area contributed by atoms with Crippen molar-refractivity contribution in [3.63, 3.8) is 0 Å². The maximum atomic E-state index is 11.6. The van der Waals surface area contributed by atoms with Crippen LogP contribution in [0.2, 0.25) is 0 Å². The molecule has 94 valence electrons. The largest absolute Gasteiger partial charge is 0.465 e. The van der Waals surface area contributed by atoms with Gasteiger partial charge in [0.25, 0.3) is 0 Å². The van der Waals surface area contributed by atoms with E-state index in [2.05, 4.69) is 20.9 Å². The fourth-order valence-electron chi connectivity index (χ4n) is 1.05. The Balaban J connectivity index is 2.61. The van der Waals surface area contributed by atoms with E-state index in [0.717, 1.165) is 9.50 Å². The van der Waals surface area contributed by atoms with Gasteiger partial charge in [-0.15, -0.1) is 11.8 Å². The molecule has 0 saturated heterocycles. The third kappa shape index (κ3) is 4.29. The number of carbonyl (C=O) groups excluding carboxylic acids is 1. The summed E-state index contributed by atoms with van der Waals surface area (Å²) in [5.74, 6) is 0.0288. The number of thioether (sulfide) groups is 1. The molecule has 0 spiro atoms. The van der Waals surface area contributed by atoms with Crippen molar-refractivity contribution >= 4 is 33.7 Å². The lowest BCUT2D eigenvalue weighted by Gasteiger charge is -2.21. The highest BCUT2D eigenvalue weighted by molar-refractivity contribution is 9.10. The van der Waals surface area contributed by atoms with Crippen LogP contribution >= 0.6 is 27.7 Å². The fourth-order valence-corrected chi connectivity index (χ4v) is 2.54. The zero-order valence-corrected chi connectivity index (χ0v) is 12.2. The molecule has 2 N–H and O–H groups in total. The Morgan fingerprint density at radius 1 is 1.71 bits per heavy atom. The zero-order chi connectivity index (χ0) is 12.9. The first kappa shape index (κ1) is 14.5. The second kappa shape index (κ2) is 6.37. The second-order valence-electron chi connectivity index (χ2n) is 3.72. The number of rotatable bonds is 5. The van der Waals surface area contributed by atoms with E-state index >= 15 is 0 Å². The minimum Gasteiger partial charge on any atom is -0.465 e. The molecule has 17 heavy (non-hydrogen) atoms. The smallest absolute Gasteiger partial charge is 0.326 e. The van der Waals surface area contributed by atoms with Crippen molar-refractivity contribution in [2.45, 2.75) is 24.4 Å². The van der Waals surface area contributed by atoms with Crippen molar-refractivity contribution in [1.29, 1.82) is 0 Å². The average molecular weight is 319 g/mol. The first-order valence-corrected chi connectivity index (χ1v) is 6.94. The standard InChI is InChI=1S/C11H15BrN2O2S/c1-3-16-10(15)11(2,13)7-17-9-8(12)5-4-6-14-9/h4-6H,3,7,13H2,1-2H3. The summed E-state index contributed by atoms with van der Waals surface area (Å²) in [7, 11) is 0. The van der Waals surface area contributed by atoms with Gasteiger partial charge in [-0.25, -0.2) is 4.98 Å². The van der Waals surface area contributed by atoms with Gasteiger partial charge in [0, 0.05) is 16.4 Å². The van der Waals surface area contributed by atoms with Gasteiger partial charge < -0.3 is 10.5 Å². The maximum Gasteiger partial charge on any atom is 0.326 e. The molecular formula is C11H15BrN2O2S. The van der Waals surface area contributed by atoms with Crippen molar-refractivity contribution in [3.05, 3.63) is 22.8 Å². The number of esters is 1. The maximum absolute atomic E-state index is 11.6. The topological polar surface area (TPSA) is 65.2 Å². The summed E-state index contributed by atoms with van der Waals surface area (Å²) in [6.45, 7) is 3.76. The monoisotopic (exact) mass is 318 g/mol. The Bertz CT molecular complexity index is 399. The van der Waals surface area contributed by atoms with E-state index in [9.17, 15) is 4.79 Å². The van der Waals surface area contributed by atoms with Crippen LogP contribution in [0.5, 0.6) is 0 Å². The van der Waals surface area contributed by atoms with Crippen LogP contribution in [0.15, 0.2) is 27.8 Å². The van der Waals surface area contributed by atoms with Gasteiger partial charge in [-0.05, 0) is 41.9 Å². The summed E-state index contributed by atoms with van der Waals surface area (Å²) in [4.78, 5) is 15.8. The van der Waals surface area contributed by atoms with Gasteiger partial charge >= 0.3 is 5.97 Å². The van der Waals surface area contributed by atoms with Gasteiger partial charge in [-0.1, -0.05) is 0 Å². The number of pyridine rings is 1. The van der Waals surface area contributed by atoms with Crippen molar-refractivity contribution in [2.75, 3.05) is 12.4 Å². The normalized spacial score (nSPS) is 14.1. The Morgan fingerprint density at radius 3 is 3.00 bits per heavy atom. The first-order valence-electron chi connectivity index (χ1n) is 5.17. The van der Waals surface area contributed by atoms with Gasteiger partial charge in [0.05, 0.1) is 6.61 Å². The highest BCUT2D eigenvalue weighted by atomic mass is 79.9. The number of carbonyl (C=O) groups is 1. The number of nitrogens with zero attached hydrogens (tertiary/aromatic N) is 1. The Kier molecular flexibility index (Phi) is 5.42. The molecule has 1 atom stereocenters. The van der Waals surface area contributed by atoms with Crippen molar-refractivity contribution in [1.82, 2.24) is 4.98 Å². The summed E-state index contributed by atoms with van der Waals surface area (Å²) in [6.07, 6.45) is 1.70. The number of hydrogen-bond donors (Lipinski definition) is 1. The Morgan fingerprint density at radius 2 is 2.41 bits per heavy atom. The van der Waals surface area contributed by atoms with Crippen LogP contribution in [0, 0.1) is 0 Å². The lowest BCUT2D eigenvalue weighted by Crippen LogP contribution is -2.48. The average Bonchev–Trinajstić information content (AvgIpc) is 2.28. The molecule has 1 heterocycles. The number of hydrogen-bond acceptors (Lipinski definition) is 5. The number of halogens is 1. The van der Waals surface area contributed by atoms with E-state index < -0.39 is 5.54 Å². The van der Waals surface area contributed by atoms with Crippen LogP contribution in [-0.2, 0) is 9.53 Å². The predicted molar refractivity (Wildman–Crippen MR) is 71.9 cm³/mol. The third-order valence-electron chi connectivity index (χ3n) is 1.98. The van der Waals surface area contributed by atoms with Crippen LogP contribution < -0.4 is 5.73 Å². The van der Waals surface area contributed by atoms with E-state index in [1.54, 1.807) is 20.0 Å². The van der Waals surface area contributed by atoms with Crippen molar-refractivity contribution in [2.24, 2.45) is 5.73 Å². The Labute approximate surface area is 113 Å². The van der Waals surface area contributed by atoms with Gasteiger partial charge in [-0.3, -0.25) is 4.79 Å². The molecule has 0 fully saturated rings. The third-order valence-corrected chi connectivity index (χ3v) is 4.22. The molecule has 1 rings (SSSR count). The van der Waals surface area contributed by atoms with Crippen LogP contribution in [0.25, 0.3) is 0 Å². The summed E-state index contributed by atoms with van der Waals surface area (Å²) in [5, 5.41) is 0.813. The summed E-state index contributed by atoms with van der Waals surface area (Å²) >= 11 is 4.82. The van der Waals surface area contributed by atoms with E-state index in [-0.39, 0.29) is 5.97 Å². The minimum atomic E-state index is -1.00. The molecule has 6 heteroatoms. The molecule has 0 radical (unpaired) electrons. The molecule has 1 aromatic rings. The fraction of sp³-hybridized carbons (Fsp3) is 0.455. The highest BCUT2D eigenvalue weighted by Gasteiger charge is 2.30. The van der Waals surface area contributed by atoms with Crippen LogP contribution in [0.4, 0.5) is 0 Å². The summed E-state index contributed by atoms with van der Waals surface area (Å²) in [6, 6.07) is 3.73. The molecule has 0 amide bonds. The molecular weight excluding hydrogens is 304 g/mol. The summed E-state index contributed by atoms with van der Waals surface area (Å²) < 4.78 is 5.81. The van der Waals surface area contributed by atoms with Crippen molar-refractivity contribution in [3.8, 4) is 0 Å². The first-order chi connectivity index (χ1) is 7.97. The predicted octanol–water partition coefficient (Wildman–Crippen LogP) is 2.22. The van der Waals surface area contributed by atoms with Crippen molar-refractivity contribution < 1.29 is 9.53 Å². The molecule has 0 bridgehead atoms. The molecule has 0 aliphatic heterocycles. The highest BCUT2D eigenvalue weighted by Crippen LogP contribution is 2.27. The molecule has 1 aromatic heterocycles. The SMILES string of the molecule is CCOC(=O)C(C)(N)CSc1ncccc1Br. The van der Waals surface area contributed by atoms with E-state index in [0.29, 0.717) is 12.4 Å². The summed E-state index contributed by atoms with van der Waals surface area (Å²) in [5.41, 5.74) is 4.90. The van der Waals surface area contributed by atoms with Gasteiger partial charge in [-0.2, -0.15) is 0 Å². The lowest BCUT2D eigenvalue weighted by atomic mass is 10.1. The number of ether oxygens (including phenoxy) is 1. The van der Waals surface area contributed by atoms with Gasteiger partial charge in [0.2, 0.25) is 0 Å². The molecule has 0 aromatic carbocycles. The quantitative estimate of drug-likeness (QED) is 0.666. The second-order valence-corrected chi connectivity index (χ2v) is 5.54. The number of aromatic nitrogens is 1. The van der Waals surface area contributed by atoms with E-state index in [1.165, 1.54) is 11.8 Å². The van der Waals surface area contributed by atoms with E-state index in [4.69, 9.17) is 10.5 Å². The number of nitrogens with two attached hydrogens (primary N) is 1. The molecule has 0 saturated carbocycles. The van der Waals surface area contributed by atoms with Crippen LogP contribution in [-0.4, -0.2) is 28.9 Å². The Hall–Kier alpha value is -0.590. The lowest BCUT2D eigenvalue weighted by molar-refractivity contribution is -0.148. The molecule has 1 unspecified atom stereocenters. The van der Waals surface area contributed by atoms with Gasteiger partial charge in [0.15, 0.2) is 0 Å². The molecule has 4 nitrogen and oxygen atoms in total. The molecule has 0 aliphatic rings. The zero-order valence-electron chi connectivity index (χ0n) is 9.77. The van der Waals surface area contributed by atoms with Gasteiger partial charge in [0.1, 0.15) is 10.6 Å². The van der Waals surface area contributed by atoms with E-state index in [1.807, 2.05) is 12.1 Å². The molecule has 0 aliphatic carbocycles. The minimum absolute atomic E-state index is 0.337. The van der Waals surface area contributed by atoms with Crippen LogP contribution in [0.3, 0.4) is 0 Å². The van der Waals surface area contributed by atoms with Crippen LogP contribution in [0.1, 0.15) is 13.8 Å².